The summed E-state index contributed by atoms with van der Waals surface area (Å²) in [6, 6.07) is 12.5. The van der Waals surface area contributed by atoms with Gasteiger partial charge in [0, 0.05) is 28.6 Å². The lowest BCUT2D eigenvalue weighted by molar-refractivity contribution is 0.468. The number of phenolic OH excluding ortho intramolecular Hbond substituents is 1. The number of halogens is 2. The van der Waals surface area contributed by atoms with Gasteiger partial charge in [-0.05, 0) is 30.3 Å². The van der Waals surface area contributed by atoms with Crippen molar-refractivity contribution in [2.75, 3.05) is 5.32 Å². The van der Waals surface area contributed by atoms with E-state index in [0.717, 1.165) is 6.07 Å². The first-order chi connectivity index (χ1) is 12.1. The number of hydrogen-bond acceptors (Lipinski definition) is 5. The largest absolute Gasteiger partial charge is 0.507 e. The second kappa shape index (κ2) is 7.03. The van der Waals surface area contributed by atoms with Crippen LogP contribution in [0.25, 0.3) is 0 Å². The van der Waals surface area contributed by atoms with Crippen molar-refractivity contribution in [3.8, 4) is 11.8 Å². The maximum Gasteiger partial charge on any atom is 0.193 e. The first-order valence-electron chi connectivity index (χ1n) is 7.10. The number of nitriles is 1. The summed E-state index contributed by atoms with van der Waals surface area (Å²) in [5, 5.41) is 29.2. The van der Waals surface area contributed by atoms with Crippen LogP contribution in [0.2, 0.25) is 5.02 Å². The van der Waals surface area contributed by atoms with E-state index in [9.17, 15) is 14.8 Å². The van der Waals surface area contributed by atoms with E-state index in [0.29, 0.717) is 22.1 Å². The van der Waals surface area contributed by atoms with Crippen LogP contribution in [0.4, 0.5) is 21.7 Å². The highest BCUT2D eigenvalue weighted by atomic mass is 35.5. The number of aliphatic imine (C=N–C) groups is 1. The molecule has 0 unspecified atom stereocenters. The maximum atomic E-state index is 13.0. The van der Waals surface area contributed by atoms with E-state index in [1.54, 1.807) is 24.3 Å². The molecular formula is C17H11ClFN5O. The van der Waals surface area contributed by atoms with Gasteiger partial charge < -0.3 is 10.4 Å². The number of anilines is 2. The monoisotopic (exact) mass is 355 g/mol. The Morgan fingerprint density at radius 2 is 2.16 bits per heavy atom. The SMILES string of the molecule is N#Cc1c(N=Cc2ccc(F)cc2O)n[nH]c1Nc1cccc(Cl)c1. The predicted octanol–water partition coefficient (Wildman–Crippen LogP) is 4.27. The molecule has 0 saturated carbocycles. The first-order valence-corrected chi connectivity index (χ1v) is 7.48. The van der Waals surface area contributed by atoms with Gasteiger partial charge in [-0.15, -0.1) is 0 Å². The maximum absolute atomic E-state index is 13.0. The molecule has 0 aliphatic rings. The molecule has 0 amide bonds. The van der Waals surface area contributed by atoms with Gasteiger partial charge in [0.25, 0.3) is 0 Å². The first kappa shape index (κ1) is 16.5. The highest BCUT2D eigenvalue weighted by Crippen LogP contribution is 2.27. The van der Waals surface area contributed by atoms with Gasteiger partial charge >= 0.3 is 0 Å². The number of benzene rings is 2. The second-order valence-corrected chi connectivity index (χ2v) is 5.44. The van der Waals surface area contributed by atoms with Gasteiger partial charge in [-0.2, -0.15) is 10.4 Å². The molecule has 2 aromatic carbocycles. The summed E-state index contributed by atoms with van der Waals surface area (Å²) in [6.07, 6.45) is 1.30. The van der Waals surface area contributed by atoms with Crippen molar-refractivity contribution in [3.05, 3.63) is 64.4 Å². The molecule has 0 bridgehead atoms. The number of aromatic amines is 1. The zero-order valence-electron chi connectivity index (χ0n) is 12.7. The summed E-state index contributed by atoms with van der Waals surface area (Å²) in [7, 11) is 0. The molecule has 0 aliphatic carbocycles. The molecule has 0 atom stereocenters. The standard InChI is InChI=1S/C17H11ClFN5O/c18-11-2-1-3-13(6-11)22-17-14(8-20)16(23-24-17)21-9-10-4-5-12(19)7-15(10)25/h1-7,9,25H,(H2,22,23,24). The van der Waals surface area contributed by atoms with Crippen molar-refractivity contribution in [3.63, 3.8) is 0 Å². The van der Waals surface area contributed by atoms with Crippen molar-refractivity contribution < 1.29 is 9.50 Å². The molecule has 124 valence electrons. The number of H-pyrrole nitrogens is 1. The van der Waals surface area contributed by atoms with E-state index in [1.807, 2.05) is 6.07 Å². The van der Waals surface area contributed by atoms with E-state index < -0.39 is 5.82 Å². The minimum atomic E-state index is -0.555. The quantitative estimate of drug-likeness (QED) is 0.608. The zero-order valence-corrected chi connectivity index (χ0v) is 13.4. The Balaban J connectivity index is 1.87. The van der Waals surface area contributed by atoms with E-state index in [1.165, 1.54) is 18.3 Å². The molecule has 0 spiro atoms. The van der Waals surface area contributed by atoms with Crippen molar-refractivity contribution in [2.45, 2.75) is 0 Å². The minimum Gasteiger partial charge on any atom is -0.507 e. The van der Waals surface area contributed by atoms with Crippen LogP contribution >= 0.6 is 11.6 Å². The Kier molecular flexibility index (Phi) is 4.64. The third kappa shape index (κ3) is 3.76. The molecule has 8 heteroatoms. The topological polar surface area (TPSA) is 97.1 Å². The Labute approximate surface area is 147 Å². The van der Waals surface area contributed by atoms with Crippen molar-refractivity contribution in [2.24, 2.45) is 4.99 Å². The molecule has 6 nitrogen and oxygen atoms in total. The Morgan fingerprint density at radius 1 is 1.32 bits per heavy atom. The predicted molar refractivity (Wildman–Crippen MR) is 93.4 cm³/mol. The number of rotatable bonds is 4. The van der Waals surface area contributed by atoms with Crippen LogP contribution in [0.15, 0.2) is 47.5 Å². The lowest BCUT2D eigenvalue weighted by Gasteiger charge is -2.03. The Bertz CT molecular complexity index is 993. The smallest absolute Gasteiger partial charge is 0.193 e. The number of nitrogens with zero attached hydrogens (tertiary/aromatic N) is 3. The second-order valence-electron chi connectivity index (χ2n) is 5.01. The molecule has 1 aromatic heterocycles. The number of nitrogens with one attached hydrogen (secondary N) is 2. The summed E-state index contributed by atoms with van der Waals surface area (Å²) in [4.78, 5) is 4.08. The summed E-state index contributed by atoms with van der Waals surface area (Å²) >= 11 is 5.93. The molecule has 3 aromatic rings. The van der Waals surface area contributed by atoms with Crippen LogP contribution in [0.3, 0.4) is 0 Å². The van der Waals surface area contributed by atoms with Crippen LogP contribution in [0, 0.1) is 17.1 Å². The van der Waals surface area contributed by atoms with Crippen LogP contribution in [0.1, 0.15) is 11.1 Å². The fourth-order valence-corrected chi connectivity index (χ4v) is 2.28. The van der Waals surface area contributed by atoms with Gasteiger partial charge in [0.1, 0.15) is 29.0 Å². The highest BCUT2D eigenvalue weighted by molar-refractivity contribution is 6.30. The van der Waals surface area contributed by atoms with E-state index in [-0.39, 0.29) is 17.1 Å². The van der Waals surface area contributed by atoms with Crippen molar-refractivity contribution >= 4 is 35.1 Å². The average molecular weight is 356 g/mol. The molecule has 3 N–H and O–H groups in total. The normalized spacial score (nSPS) is 10.8. The zero-order chi connectivity index (χ0) is 17.8. The molecule has 0 fully saturated rings. The number of aromatic nitrogens is 2. The fraction of sp³-hybridized carbons (Fsp3) is 0. The Morgan fingerprint density at radius 3 is 2.88 bits per heavy atom. The number of phenols is 1. The molecule has 0 saturated heterocycles. The van der Waals surface area contributed by atoms with Gasteiger partial charge in [-0.25, -0.2) is 9.38 Å². The number of aromatic hydroxyl groups is 1. The van der Waals surface area contributed by atoms with Crippen LogP contribution in [0.5, 0.6) is 5.75 Å². The molecule has 1 heterocycles. The molecular weight excluding hydrogens is 345 g/mol. The summed E-state index contributed by atoms with van der Waals surface area (Å²) < 4.78 is 13.0. The summed E-state index contributed by atoms with van der Waals surface area (Å²) in [5.41, 5.74) is 1.18. The van der Waals surface area contributed by atoms with E-state index in [2.05, 4.69) is 20.5 Å². The van der Waals surface area contributed by atoms with Gasteiger partial charge in [0.15, 0.2) is 5.82 Å². The lowest BCUT2D eigenvalue weighted by atomic mass is 10.2. The van der Waals surface area contributed by atoms with Crippen LogP contribution in [-0.4, -0.2) is 21.5 Å². The lowest BCUT2D eigenvalue weighted by Crippen LogP contribution is -1.92. The fourth-order valence-electron chi connectivity index (χ4n) is 2.09. The molecule has 0 aliphatic heterocycles. The van der Waals surface area contributed by atoms with Gasteiger partial charge in [0.05, 0.1) is 0 Å². The van der Waals surface area contributed by atoms with Crippen LogP contribution < -0.4 is 5.32 Å². The van der Waals surface area contributed by atoms with E-state index in [4.69, 9.17) is 11.6 Å². The highest BCUT2D eigenvalue weighted by Gasteiger charge is 2.12. The summed E-state index contributed by atoms with van der Waals surface area (Å²) in [6.45, 7) is 0. The Hall–Kier alpha value is -3.37. The molecule has 3 rings (SSSR count). The third-order valence-corrected chi connectivity index (χ3v) is 3.51. The molecule has 25 heavy (non-hydrogen) atoms. The van der Waals surface area contributed by atoms with Crippen molar-refractivity contribution in [1.82, 2.24) is 10.2 Å². The van der Waals surface area contributed by atoms with Crippen LogP contribution in [-0.2, 0) is 0 Å². The molecule has 0 radical (unpaired) electrons. The summed E-state index contributed by atoms with van der Waals surface area (Å²) in [5.74, 6) is -0.314. The van der Waals surface area contributed by atoms with Gasteiger partial charge in [0.2, 0.25) is 0 Å². The number of hydrogen-bond donors (Lipinski definition) is 3. The average Bonchev–Trinajstić information content (AvgIpc) is 2.95. The minimum absolute atomic E-state index is 0.135. The van der Waals surface area contributed by atoms with Gasteiger partial charge in [-0.1, -0.05) is 17.7 Å². The van der Waals surface area contributed by atoms with Gasteiger partial charge in [-0.3, -0.25) is 5.10 Å². The third-order valence-electron chi connectivity index (χ3n) is 3.27. The van der Waals surface area contributed by atoms with E-state index >= 15 is 0 Å². The van der Waals surface area contributed by atoms with Crippen molar-refractivity contribution in [1.29, 1.82) is 5.26 Å².